The third-order valence-electron chi connectivity index (χ3n) is 4.30. The normalized spacial score (nSPS) is 16.8. The molecule has 1 aromatic carbocycles. The first kappa shape index (κ1) is 14.0. The van der Waals surface area contributed by atoms with Crippen LogP contribution in [0.3, 0.4) is 0 Å². The number of fused-ring (bicyclic) bond motifs is 2. The molecule has 1 aromatic heterocycles. The minimum absolute atomic E-state index is 0.123. The molecule has 2 aromatic rings. The molecule has 0 saturated carbocycles. The SMILES string of the molecule is C[C@H](NC(=O)C1=Cc2ccccc2OC1)c1nnc2n1CCC2. The molecule has 23 heavy (non-hydrogen) atoms. The molecule has 1 N–H and O–H groups in total. The van der Waals surface area contributed by atoms with Gasteiger partial charge in [-0.05, 0) is 25.5 Å². The number of carbonyl (C=O) groups is 1. The molecular formula is C17H18N4O2. The number of nitrogens with one attached hydrogen (secondary N) is 1. The lowest BCUT2D eigenvalue weighted by Gasteiger charge is -2.19. The van der Waals surface area contributed by atoms with Gasteiger partial charge in [0.25, 0.3) is 5.91 Å². The number of hydrogen-bond acceptors (Lipinski definition) is 4. The number of amides is 1. The number of aryl methyl sites for hydroxylation is 1. The summed E-state index contributed by atoms with van der Waals surface area (Å²) in [7, 11) is 0. The summed E-state index contributed by atoms with van der Waals surface area (Å²) in [6, 6.07) is 7.52. The summed E-state index contributed by atoms with van der Waals surface area (Å²) in [5.74, 6) is 2.52. The number of para-hydroxylation sites is 1. The van der Waals surface area contributed by atoms with Crippen molar-refractivity contribution in [2.24, 2.45) is 0 Å². The van der Waals surface area contributed by atoms with E-state index in [2.05, 4.69) is 20.1 Å². The predicted molar refractivity (Wildman–Crippen MR) is 84.8 cm³/mol. The van der Waals surface area contributed by atoms with E-state index in [0.717, 1.165) is 42.3 Å². The molecule has 0 fully saturated rings. The molecule has 6 nitrogen and oxygen atoms in total. The van der Waals surface area contributed by atoms with E-state index in [4.69, 9.17) is 4.74 Å². The highest BCUT2D eigenvalue weighted by Gasteiger charge is 2.24. The number of aromatic nitrogens is 3. The van der Waals surface area contributed by atoms with Crippen molar-refractivity contribution in [3.05, 3.63) is 47.1 Å². The molecule has 2 aliphatic rings. The van der Waals surface area contributed by atoms with E-state index in [-0.39, 0.29) is 18.6 Å². The van der Waals surface area contributed by atoms with E-state index < -0.39 is 0 Å². The Morgan fingerprint density at radius 2 is 2.22 bits per heavy atom. The minimum Gasteiger partial charge on any atom is -0.488 e. The minimum atomic E-state index is -0.181. The Labute approximate surface area is 134 Å². The second-order valence-electron chi connectivity index (χ2n) is 5.92. The maximum atomic E-state index is 12.5. The molecule has 4 rings (SSSR count). The first-order chi connectivity index (χ1) is 11.2. The molecular weight excluding hydrogens is 292 g/mol. The van der Waals surface area contributed by atoms with E-state index in [1.807, 2.05) is 37.3 Å². The number of nitrogens with zero attached hydrogens (tertiary/aromatic N) is 3. The van der Waals surface area contributed by atoms with Crippen molar-refractivity contribution < 1.29 is 9.53 Å². The molecule has 3 heterocycles. The second kappa shape index (κ2) is 5.53. The van der Waals surface area contributed by atoms with Crippen LogP contribution in [-0.2, 0) is 17.8 Å². The van der Waals surface area contributed by atoms with Crippen LogP contribution in [0.2, 0.25) is 0 Å². The van der Waals surface area contributed by atoms with Gasteiger partial charge in [-0.3, -0.25) is 4.79 Å². The van der Waals surface area contributed by atoms with Crippen LogP contribution in [0.25, 0.3) is 6.08 Å². The van der Waals surface area contributed by atoms with E-state index in [9.17, 15) is 4.79 Å². The molecule has 0 saturated heterocycles. The van der Waals surface area contributed by atoms with Gasteiger partial charge >= 0.3 is 0 Å². The van der Waals surface area contributed by atoms with Crippen LogP contribution in [0.4, 0.5) is 0 Å². The van der Waals surface area contributed by atoms with Crippen LogP contribution < -0.4 is 10.1 Å². The average Bonchev–Trinajstić information content (AvgIpc) is 3.17. The summed E-state index contributed by atoms with van der Waals surface area (Å²) in [5.41, 5.74) is 1.55. The van der Waals surface area contributed by atoms with Crippen LogP contribution in [0, 0.1) is 0 Å². The van der Waals surface area contributed by atoms with E-state index >= 15 is 0 Å². The van der Waals surface area contributed by atoms with Crippen molar-refractivity contribution >= 4 is 12.0 Å². The molecule has 0 unspecified atom stereocenters. The molecule has 118 valence electrons. The van der Waals surface area contributed by atoms with Crippen molar-refractivity contribution in [1.29, 1.82) is 0 Å². The van der Waals surface area contributed by atoms with Crippen LogP contribution >= 0.6 is 0 Å². The molecule has 2 aliphatic heterocycles. The van der Waals surface area contributed by atoms with Gasteiger partial charge in [0.1, 0.15) is 18.2 Å². The Morgan fingerprint density at radius 1 is 1.35 bits per heavy atom. The van der Waals surface area contributed by atoms with Gasteiger partial charge in [0, 0.05) is 18.5 Å². The lowest BCUT2D eigenvalue weighted by atomic mass is 10.1. The van der Waals surface area contributed by atoms with Gasteiger partial charge in [-0.1, -0.05) is 18.2 Å². The summed E-state index contributed by atoms with van der Waals surface area (Å²) in [6.07, 6.45) is 3.94. The zero-order chi connectivity index (χ0) is 15.8. The van der Waals surface area contributed by atoms with E-state index in [0.29, 0.717) is 5.57 Å². The van der Waals surface area contributed by atoms with Crippen LogP contribution in [-0.4, -0.2) is 27.3 Å². The zero-order valence-electron chi connectivity index (χ0n) is 13.0. The Hall–Kier alpha value is -2.63. The highest BCUT2D eigenvalue weighted by molar-refractivity contribution is 5.99. The van der Waals surface area contributed by atoms with Crippen molar-refractivity contribution in [2.75, 3.05) is 6.61 Å². The maximum absolute atomic E-state index is 12.5. The fraction of sp³-hybridized carbons (Fsp3) is 0.353. The monoisotopic (exact) mass is 310 g/mol. The van der Waals surface area contributed by atoms with Gasteiger partial charge in [-0.15, -0.1) is 10.2 Å². The summed E-state index contributed by atoms with van der Waals surface area (Å²) in [5, 5.41) is 11.4. The Balaban J connectivity index is 1.51. The molecule has 0 spiro atoms. The van der Waals surface area contributed by atoms with Crippen molar-refractivity contribution in [3.63, 3.8) is 0 Å². The number of carbonyl (C=O) groups excluding carboxylic acids is 1. The number of benzene rings is 1. The van der Waals surface area contributed by atoms with Crippen molar-refractivity contribution in [3.8, 4) is 5.75 Å². The smallest absolute Gasteiger partial charge is 0.251 e. The van der Waals surface area contributed by atoms with E-state index in [1.165, 1.54) is 0 Å². The second-order valence-corrected chi connectivity index (χ2v) is 5.92. The highest BCUT2D eigenvalue weighted by atomic mass is 16.5. The first-order valence-electron chi connectivity index (χ1n) is 7.87. The fourth-order valence-electron chi connectivity index (χ4n) is 3.09. The van der Waals surface area contributed by atoms with E-state index in [1.54, 1.807) is 0 Å². The lowest BCUT2D eigenvalue weighted by Crippen LogP contribution is -2.32. The number of ether oxygens (including phenoxy) is 1. The van der Waals surface area contributed by atoms with Crippen molar-refractivity contribution in [2.45, 2.75) is 32.4 Å². The van der Waals surface area contributed by atoms with Crippen molar-refractivity contribution in [1.82, 2.24) is 20.1 Å². The summed E-state index contributed by atoms with van der Waals surface area (Å²) in [4.78, 5) is 12.5. The zero-order valence-corrected chi connectivity index (χ0v) is 13.0. The molecule has 6 heteroatoms. The average molecular weight is 310 g/mol. The Kier molecular flexibility index (Phi) is 3.37. The topological polar surface area (TPSA) is 69.0 Å². The van der Waals surface area contributed by atoms with Gasteiger partial charge < -0.3 is 14.6 Å². The highest BCUT2D eigenvalue weighted by Crippen LogP contribution is 2.26. The standard InChI is InChI=1S/C17H18N4O2/c1-11(16-20-19-15-7-4-8-21(15)16)18-17(22)13-9-12-5-2-3-6-14(12)23-10-13/h2-3,5-6,9,11H,4,7-8,10H2,1H3,(H,18,22)/t11-/m0/s1. The molecule has 0 bridgehead atoms. The lowest BCUT2D eigenvalue weighted by molar-refractivity contribution is -0.118. The largest absolute Gasteiger partial charge is 0.488 e. The van der Waals surface area contributed by atoms with Gasteiger partial charge in [0.05, 0.1) is 11.6 Å². The van der Waals surface area contributed by atoms with Crippen LogP contribution in [0.5, 0.6) is 5.75 Å². The quantitative estimate of drug-likeness (QED) is 0.940. The first-order valence-corrected chi connectivity index (χ1v) is 7.87. The molecule has 0 aliphatic carbocycles. The summed E-state index contributed by atoms with van der Waals surface area (Å²) < 4.78 is 7.74. The Bertz CT molecular complexity index is 794. The summed E-state index contributed by atoms with van der Waals surface area (Å²) >= 11 is 0. The fourth-order valence-corrected chi connectivity index (χ4v) is 3.09. The molecule has 0 radical (unpaired) electrons. The van der Waals surface area contributed by atoms with Crippen LogP contribution in [0.15, 0.2) is 29.8 Å². The number of rotatable bonds is 3. The maximum Gasteiger partial charge on any atom is 0.251 e. The molecule has 1 atom stereocenters. The summed E-state index contributed by atoms with van der Waals surface area (Å²) in [6.45, 7) is 3.15. The Morgan fingerprint density at radius 3 is 3.13 bits per heavy atom. The van der Waals surface area contributed by atoms with Gasteiger partial charge in [0.15, 0.2) is 5.82 Å². The van der Waals surface area contributed by atoms with Gasteiger partial charge in [0.2, 0.25) is 0 Å². The number of hydrogen-bond donors (Lipinski definition) is 1. The van der Waals surface area contributed by atoms with Crippen LogP contribution in [0.1, 0.15) is 36.6 Å². The molecule has 1 amide bonds. The third-order valence-corrected chi connectivity index (χ3v) is 4.30. The van der Waals surface area contributed by atoms with Gasteiger partial charge in [-0.2, -0.15) is 0 Å². The van der Waals surface area contributed by atoms with Gasteiger partial charge in [-0.25, -0.2) is 0 Å². The third kappa shape index (κ3) is 2.50. The predicted octanol–water partition coefficient (Wildman–Crippen LogP) is 1.88.